The zero-order valence-corrected chi connectivity index (χ0v) is 11.6. The summed E-state index contributed by atoms with van der Waals surface area (Å²) in [5.74, 6) is 1.38. The average molecular weight is 260 g/mol. The van der Waals surface area contributed by atoms with Crippen molar-refractivity contribution < 1.29 is 4.79 Å². The first-order valence-electron chi connectivity index (χ1n) is 6.96. The smallest absolute Gasteiger partial charge is 0.225 e. The molecule has 5 nitrogen and oxygen atoms in total. The fourth-order valence-corrected chi connectivity index (χ4v) is 2.78. The fraction of sp³-hybridized carbons (Fsp3) is 0.643. The van der Waals surface area contributed by atoms with Crippen LogP contribution in [0.2, 0.25) is 0 Å². The number of aromatic nitrogens is 2. The van der Waals surface area contributed by atoms with Gasteiger partial charge in [-0.1, -0.05) is 6.92 Å². The molecule has 2 aliphatic rings. The SMILES string of the molecule is CC1CC(=O)c2cnc(N3CCN(C)CC3)nc2C1. The van der Waals surface area contributed by atoms with Crippen molar-refractivity contribution in [1.29, 1.82) is 0 Å². The zero-order valence-electron chi connectivity index (χ0n) is 11.6. The lowest BCUT2D eigenvalue weighted by Crippen LogP contribution is -2.45. The second kappa shape index (κ2) is 4.89. The van der Waals surface area contributed by atoms with Crippen LogP contribution in [0.15, 0.2) is 6.20 Å². The molecule has 0 saturated carbocycles. The van der Waals surface area contributed by atoms with Crippen molar-refractivity contribution in [3.05, 3.63) is 17.5 Å². The summed E-state index contributed by atoms with van der Waals surface area (Å²) >= 11 is 0. The van der Waals surface area contributed by atoms with E-state index >= 15 is 0 Å². The highest BCUT2D eigenvalue weighted by Crippen LogP contribution is 2.25. The van der Waals surface area contributed by atoms with Crippen molar-refractivity contribution >= 4 is 11.7 Å². The van der Waals surface area contributed by atoms with Gasteiger partial charge in [-0.05, 0) is 19.4 Å². The Morgan fingerprint density at radius 1 is 1.21 bits per heavy atom. The number of piperazine rings is 1. The van der Waals surface area contributed by atoms with Gasteiger partial charge in [0.1, 0.15) is 0 Å². The molecule has 1 unspecified atom stereocenters. The molecule has 19 heavy (non-hydrogen) atoms. The number of ketones is 1. The Morgan fingerprint density at radius 2 is 1.95 bits per heavy atom. The van der Waals surface area contributed by atoms with Gasteiger partial charge >= 0.3 is 0 Å². The lowest BCUT2D eigenvalue weighted by atomic mass is 9.88. The van der Waals surface area contributed by atoms with Crippen molar-refractivity contribution in [3.8, 4) is 0 Å². The van der Waals surface area contributed by atoms with Gasteiger partial charge in [-0.3, -0.25) is 4.79 Å². The van der Waals surface area contributed by atoms with Crippen molar-refractivity contribution in [3.63, 3.8) is 0 Å². The summed E-state index contributed by atoms with van der Waals surface area (Å²) in [7, 11) is 2.13. The Hall–Kier alpha value is -1.49. The van der Waals surface area contributed by atoms with Crippen LogP contribution in [0.4, 0.5) is 5.95 Å². The number of carbonyl (C=O) groups is 1. The fourth-order valence-electron chi connectivity index (χ4n) is 2.78. The van der Waals surface area contributed by atoms with E-state index < -0.39 is 0 Å². The molecule has 2 heterocycles. The standard InChI is InChI=1S/C14H20N4O/c1-10-7-12-11(13(19)8-10)9-15-14(16-12)18-5-3-17(2)4-6-18/h9-10H,3-8H2,1-2H3. The molecule has 1 aromatic rings. The third-order valence-electron chi connectivity index (χ3n) is 4.02. The van der Waals surface area contributed by atoms with E-state index in [1.54, 1.807) is 6.20 Å². The molecule has 5 heteroatoms. The van der Waals surface area contributed by atoms with E-state index in [9.17, 15) is 4.79 Å². The van der Waals surface area contributed by atoms with Crippen LogP contribution in [-0.2, 0) is 6.42 Å². The molecule has 1 saturated heterocycles. The Kier molecular flexibility index (Phi) is 3.22. The quantitative estimate of drug-likeness (QED) is 0.754. The van der Waals surface area contributed by atoms with Crippen LogP contribution in [0.25, 0.3) is 0 Å². The average Bonchev–Trinajstić information content (AvgIpc) is 2.38. The molecular weight excluding hydrogens is 240 g/mol. The van der Waals surface area contributed by atoms with Crippen molar-refractivity contribution in [2.24, 2.45) is 5.92 Å². The summed E-state index contributed by atoms with van der Waals surface area (Å²) in [5, 5.41) is 0. The maximum absolute atomic E-state index is 11.9. The molecule has 0 aromatic carbocycles. The third-order valence-corrected chi connectivity index (χ3v) is 4.02. The van der Waals surface area contributed by atoms with Gasteiger partial charge in [-0.2, -0.15) is 0 Å². The second-order valence-electron chi connectivity index (χ2n) is 5.76. The minimum Gasteiger partial charge on any atom is -0.338 e. The van der Waals surface area contributed by atoms with E-state index in [2.05, 4.69) is 33.7 Å². The summed E-state index contributed by atoms with van der Waals surface area (Å²) in [6, 6.07) is 0. The second-order valence-corrected chi connectivity index (χ2v) is 5.76. The first-order valence-corrected chi connectivity index (χ1v) is 6.96. The molecule has 0 bridgehead atoms. The number of hydrogen-bond acceptors (Lipinski definition) is 5. The maximum atomic E-state index is 11.9. The summed E-state index contributed by atoms with van der Waals surface area (Å²) in [5.41, 5.74) is 1.67. The van der Waals surface area contributed by atoms with E-state index in [1.807, 2.05) is 0 Å². The Labute approximate surface area is 113 Å². The van der Waals surface area contributed by atoms with Crippen LogP contribution in [-0.4, -0.2) is 53.9 Å². The first kappa shape index (κ1) is 12.5. The molecule has 0 spiro atoms. The molecule has 1 aliphatic carbocycles. The van der Waals surface area contributed by atoms with E-state index in [1.165, 1.54) is 0 Å². The molecule has 1 aromatic heterocycles. The van der Waals surface area contributed by atoms with Gasteiger partial charge in [-0.15, -0.1) is 0 Å². The van der Waals surface area contributed by atoms with Crippen LogP contribution in [0.1, 0.15) is 29.4 Å². The predicted molar refractivity (Wildman–Crippen MR) is 73.6 cm³/mol. The van der Waals surface area contributed by atoms with Crippen LogP contribution in [0.5, 0.6) is 0 Å². The minimum absolute atomic E-state index is 0.193. The molecule has 1 aliphatic heterocycles. The largest absolute Gasteiger partial charge is 0.338 e. The van der Waals surface area contributed by atoms with E-state index in [0.717, 1.165) is 49.8 Å². The van der Waals surface area contributed by atoms with Crippen molar-refractivity contribution in [2.45, 2.75) is 19.8 Å². The number of fused-ring (bicyclic) bond motifs is 1. The number of hydrogen-bond donors (Lipinski definition) is 0. The van der Waals surface area contributed by atoms with E-state index in [0.29, 0.717) is 12.3 Å². The Bertz CT molecular complexity index is 494. The van der Waals surface area contributed by atoms with E-state index in [-0.39, 0.29) is 5.78 Å². The zero-order chi connectivity index (χ0) is 13.4. The number of rotatable bonds is 1. The number of carbonyl (C=O) groups excluding carboxylic acids is 1. The third kappa shape index (κ3) is 2.47. The number of nitrogens with zero attached hydrogens (tertiary/aromatic N) is 4. The van der Waals surface area contributed by atoms with Gasteiger partial charge in [-0.25, -0.2) is 9.97 Å². The van der Waals surface area contributed by atoms with E-state index in [4.69, 9.17) is 0 Å². The molecule has 0 radical (unpaired) electrons. The maximum Gasteiger partial charge on any atom is 0.225 e. The number of Topliss-reactive ketones (excluding diaryl/α,β-unsaturated/α-hetero) is 1. The topological polar surface area (TPSA) is 49.3 Å². The molecule has 1 fully saturated rings. The monoisotopic (exact) mass is 260 g/mol. The van der Waals surface area contributed by atoms with Gasteiger partial charge in [0.25, 0.3) is 0 Å². The summed E-state index contributed by atoms with van der Waals surface area (Å²) in [6.45, 7) is 6.10. The summed E-state index contributed by atoms with van der Waals surface area (Å²) in [6.07, 6.45) is 3.25. The summed E-state index contributed by atoms with van der Waals surface area (Å²) in [4.78, 5) is 25.5. The van der Waals surface area contributed by atoms with Gasteiger partial charge in [0, 0.05) is 38.8 Å². The lowest BCUT2D eigenvalue weighted by Gasteiger charge is -2.33. The molecule has 102 valence electrons. The molecular formula is C14H20N4O. The first-order chi connectivity index (χ1) is 9.13. The summed E-state index contributed by atoms with van der Waals surface area (Å²) < 4.78 is 0. The highest BCUT2D eigenvalue weighted by Gasteiger charge is 2.25. The van der Waals surface area contributed by atoms with Gasteiger partial charge in [0.15, 0.2) is 5.78 Å². The predicted octanol–water partition coefficient (Wildman–Crippen LogP) is 0.993. The Balaban J connectivity index is 1.85. The molecule has 0 N–H and O–H groups in total. The normalized spacial score (nSPS) is 24.4. The highest BCUT2D eigenvalue weighted by molar-refractivity contribution is 5.98. The van der Waals surface area contributed by atoms with Crippen LogP contribution in [0.3, 0.4) is 0 Å². The van der Waals surface area contributed by atoms with Gasteiger partial charge < -0.3 is 9.80 Å². The van der Waals surface area contributed by atoms with Crippen LogP contribution in [0, 0.1) is 5.92 Å². The minimum atomic E-state index is 0.193. The van der Waals surface area contributed by atoms with Gasteiger partial charge in [0.2, 0.25) is 5.95 Å². The lowest BCUT2D eigenvalue weighted by molar-refractivity contribution is 0.0951. The van der Waals surface area contributed by atoms with Crippen molar-refractivity contribution in [1.82, 2.24) is 14.9 Å². The molecule has 0 amide bonds. The number of likely N-dealkylation sites (N-methyl/N-ethyl adjacent to an activating group) is 1. The van der Waals surface area contributed by atoms with Crippen LogP contribution >= 0.6 is 0 Å². The van der Waals surface area contributed by atoms with Crippen LogP contribution < -0.4 is 4.90 Å². The number of anilines is 1. The molecule has 1 atom stereocenters. The molecule has 3 rings (SSSR count). The van der Waals surface area contributed by atoms with Gasteiger partial charge in [0.05, 0.1) is 11.3 Å². The Morgan fingerprint density at radius 3 is 2.68 bits per heavy atom. The van der Waals surface area contributed by atoms with Crippen molar-refractivity contribution in [2.75, 3.05) is 38.1 Å². The highest BCUT2D eigenvalue weighted by atomic mass is 16.1.